The van der Waals surface area contributed by atoms with E-state index in [1.165, 1.54) is 12.1 Å². The van der Waals surface area contributed by atoms with Crippen molar-refractivity contribution in [1.82, 2.24) is 34.6 Å². The van der Waals surface area contributed by atoms with Crippen molar-refractivity contribution in [2.45, 2.75) is 13.5 Å². The van der Waals surface area contributed by atoms with Gasteiger partial charge in [0.15, 0.2) is 22.6 Å². The first-order valence-corrected chi connectivity index (χ1v) is 8.98. The Morgan fingerprint density at radius 1 is 0.931 bits per heavy atom. The Hall–Kier alpha value is -3.88. The van der Waals surface area contributed by atoms with Crippen molar-refractivity contribution in [2.75, 3.05) is 7.11 Å². The third-order valence-electron chi connectivity index (χ3n) is 4.77. The third kappa shape index (κ3) is 2.87. The first-order chi connectivity index (χ1) is 14.1. The van der Waals surface area contributed by atoms with Crippen LogP contribution in [0.4, 0.5) is 4.39 Å². The summed E-state index contributed by atoms with van der Waals surface area (Å²) >= 11 is 0. The van der Waals surface area contributed by atoms with Gasteiger partial charge in [0.25, 0.3) is 0 Å². The lowest BCUT2D eigenvalue weighted by Gasteiger charge is -2.06. The number of hydrogen-bond donors (Lipinski definition) is 0. The van der Waals surface area contributed by atoms with Crippen molar-refractivity contribution in [3.63, 3.8) is 0 Å². The third-order valence-corrected chi connectivity index (χ3v) is 4.77. The van der Waals surface area contributed by atoms with E-state index in [0.29, 0.717) is 35.0 Å². The fourth-order valence-electron chi connectivity index (χ4n) is 3.31. The maximum atomic E-state index is 13.2. The van der Waals surface area contributed by atoms with Crippen LogP contribution in [0.3, 0.4) is 0 Å². The summed E-state index contributed by atoms with van der Waals surface area (Å²) in [5, 5.41) is 17.2. The van der Waals surface area contributed by atoms with Gasteiger partial charge in [-0.25, -0.2) is 14.1 Å². The quantitative estimate of drug-likeness (QED) is 0.470. The number of halogens is 1. The number of hydrogen-bond acceptors (Lipinski definition) is 6. The molecule has 0 N–H and O–H groups in total. The van der Waals surface area contributed by atoms with E-state index < -0.39 is 0 Å². The predicted molar refractivity (Wildman–Crippen MR) is 104 cm³/mol. The fourth-order valence-corrected chi connectivity index (χ4v) is 3.31. The van der Waals surface area contributed by atoms with Crippen LogP contribution in [0.15, 0.2) is 48.5 Å². The van der Waals surface area contributed by atoms with Crippen molar-refractivity contribution in [2.24, 2.45) is 0 Å². The van der Waals surface area contributed by atoms with Gasteiger partial charge in [-0.15, -0.1) is 15.3 Å². The minimum absolute atomic E-state index is 0.276. The second kappa shape index (κ2) is 6.62. The molecule has 0 aliphatic carbocycles. The highest BCUT2D eigenvalue weighted by atomic mass is 19.1. The van der Waals surface area contributed by atoms with Crippen molar-refractivity contribution < 1.29 is 9.13 Å². The topological polar surface area (TPSA) is 83.0 Å². The highest BCUT2D eigenvalue weighted by molar-refractivity contribution is 5.86. The monoisotopic (exact) mass is 389 g/mol. The standard InChI is InChI=1S/C20H16FN7O/c1-12-22-19-17(23-26-27(19)11-13-3-7-15(21)8-4-13)20-25-24-18(28(12)20)14-5-9-16(29-2)10-6-14/h3-10H,11H2,1-2H3. The first-order valence-electron chi connectivity index (χ1n) is 8.98. The van der Waals surface area contributed by atoms with E-state index in [-0.39, 0.29) is 5.82 Å². The number of benzene rings is 2. The second-order valence-corrected chi connectivity index (χ2v) is 6.62. The molecule has 3 heterocycles. The van der Waals surface area contributed by atoms with Gasteiger partial charge in [-0.05, 0) is 48.9 Å². The molecule has 3 aromatic heterocycles. The summed E-state index contributed by atoms with van der Waals surface area (Å²) in [6.07, 6.45) is 0. The molecule has 0 saturated heterocycles. The zero-order valence-corrected chi connectivity index (χ0v) is 15.7. The lowest BCUT2D eigenvalue weighted by molar-refractivity contribution is 0.415. The summed E-state index contributed by atoms with van der Waals surface area (Å²) in [4.78, 5) is 4.69. The number of ether oxygens (including phenoxy) is 1. The van der Waals surface area contributed by atoms with Crippen molar-refractivity contribution in [1.29, 1.82) is 0 Å². The van der Waals surface area contributed by atoms with Crippen LogP contribution in [-0.4, -0.2) is 41.7 Å². The predicted octanol–water partition coefficient (Wildman–Crippen LogP) is 3.04. The summed E-state index contributed by atoms with van der Waals surface area (Å²) in [5.41, 5.74) is 3.54. The van der Waals surface area contributed by atoms with Gasteiger partial charge in [0.1, 0.15) is 17.4 Å². The van der Waals surface area contributed by atoms with Crippen molar-refractivity contribution >= 4 is 16.8 Å². The SMILES string of the molecule is COc1ccc(-c2nnc3c4nnn(Cc5ccc(F)cc5)c4nc(C)n23)cc1. The molecule has 0 amide bonds. The highest BCUT2D eigenvalue weighted by Gasteiger charge is 2.18. The van der Waals surface area contributed by atoms with Crippen LogP contribution in [0.2, 0.25) is 0 Å². The summed E-state index contributed by atoms with van der Waals surface area (Å²) in [6, 6.07) is 13.9. The van der Waals surface area contributed by atoms with E-state index in [0.717, 1.165) is 16.9 Å². The maximum absolute atomic E-state index is 13.2. The summed E-state index contributed by atoms with van der Waals surface area (Å²) in [6.45, 7) is 2.32. The number of aryl methyl sites for hydroxylation is 1. The summed E-state index contributed by atoms with van der Waals surface area (Å²) in [7, 11) is 1.63. The van der Waals surface area contributed by atoms with Gasteiger partial charge in [0.2, 0.25) is 0 Å². The van der Waals surface area contributed by atoms with Crippen LogP contribution in [0.5, 0.6) is 5.75 Å². The summed E-state index contributed by atoms with van der Waals surface area (Å²) in [5.74, 6) is 1.87. The maximum Gasteiger partial charge on any atom is 0.194 e. The van der Waals surface area contributed by atoms with Gasteiger partial charge in [-0.3, -0.25) is 4.40 Å². The average Bonchev–Trinajstić information content (AvgIpc) is 3.35. The van der Waals surface area contributed by atoms with E-state index in [9.17, 15) is 4.39 Å². The molecule has 0 aliphatic heterocycles. The number of fused-ring (bicyclic) bond motifs is 3. The molecule has 2 aromatic carbocycles. The largest absolute Gasteiger partial charge is 0.497 e. The first kappa shape index (κ1) is 17.2. The molecule has 0 atom stereocenters. The van der Waals surface area contributed by atoms with Crippen molar-refractivity contribution in [3.8, 4) is 17.1 Å². The molecule has 0 bridgehead atoms. The molecule has 5 aromatic rings. The van der Waals surface area contributed by atoms with E-state index >= 15 is 0 Å². The molecule has 0 spiro atoms. The number of aromatic nitrogens is 7. The van der Waals surface area contributed by atoms with Gasteiger partial charge in [-0.2, -0.15) is 0 Å². The molecule has 144 valence electrons. The number of methoxy groups -OCH3 is 1. The molecular formula is C20H16FN7O. The lowest BCUT2D eigenvalue weighted by Crippen LogP contribution is -2.05. The zero-order chi connectivity index (χ0) is 20.0. The highest BCUT2D eigenvalue weighted by Crippen LogP contribution is 2.25. The van der Waals surface area contributed by atoms with Gasteiger partial charge in [0.05, 0.1) is 13.7 Å². The van der Waals surface area contributed by atoms with Gasteiger partial charge < -0.3 is 4.74 Å². The van der Waals surface area contributed by atoms with Crippen LogP contribution in [-0.2, 0) is 6.54 Å². The normalized spacial score (nSPS) is 11.4. The Morgan fingerprint density at radius 2 is 1.69 bits per heavy atom. The summed E-state index contributed by atoms with van der Waals surface area (Å²) < 4.78 is 21.9. The van der Waals surface area contributed by atoms with Gasteiger partial charge in [0, 0.05) is 5.56 Å². The number of nitrogens with zero attached hydrogens (tertiary/aromatic N) is 7. The molecule has 29 heavy (non-hydrogen) atoms. The molecule has 0 aliphatic rings. The van der Waals surface area contributed by atoms with E-state index in [4.69, 9.17) is 9.72 Å². The second-order valence-electron chi connectivity index (χ2n) is 6.62. The van der Waals surface area contributed by atoms with Crippen LogP contribution in [0.1, 0.15) is 11.4 Å². The van der Waals surface area contributed by atoms with E-state index in [2.05, 4.69) is 20.5 Å². The minimum Gasteiger partial charge on any atom is -0.497 e. The molecule has 0 fully saturated rings. The molecular weight excluding hydrogens is 373 g/mol. The smallest absolute Gasteiger partial charge is 0.194 e. The lowest BCUT2D eigenvalue weighted by atomic mass is 10.2. The Balaban J connectivity index is 1.61. The van der Waals surface area contributed by atoms with Crippen LogP contribution >= 0.6 is 0 Å². The molecule has 0 saturated carbocycles. The Kier molecular flexibility index (Phi) is 3.94. The average molecular weight is 389 g/mol. The van der Waals surface area contributed by atoms with Crippen molar-refractivity contribution in [3.05, 3.63) is 65.7 Å². The molecule has 0 radical (unpaired) electrons. The zero-order valence-electron chi connectivity index (χ0n) is 15.7. The van der Waals surface area contributed by atoms with Gasteiger partial charge in [-0.1, -0.05) is 17.3 Å². The fraction of sp³-hybridized carbons (Fsp3) is 0.150. The Morgan fingerprint density at radius 3 is 2.41 bits per heavy atom. The van der Waals surface area contributed by atoms with Crippen LogP contribution in [0.25, 0.3) is 28.2 Å². The Bertz CT molecular complexity index is 1320. The van der Waals surface area contributed by atoms with E-state index in [1.807, 2.05) is 35.6 Å². The number of rotatable bonds is 4. The molecule has 5 rings (SSSR count). The van der Waals surface area contributed by atoms with Gasteiger partial charge >= 0.3 is 0 Å². The Labute approximate surface area is 164 Å². The van der Waals surface area contributed by atoms with Crippen LogP contribution < -0.4 is 4.74 Å². The molecule has 9 heteroatoms. The molecule has 0 unspecified atom stereocenters. The minimum atomic E-state index is -0.276. The van der Waals surface area contributed by atoms with Crippen LogP contribution in [0, 0.1) is 12.7 Å². The molecule has 8 nitrogen and oxygen atoms in total. The van der Waals surface area contributed by atoms with E-state index in [1.54, 1.807) is 23.9 Å².